The van der Waals surface area contributed by atoms with Crippen LogP contribution in [0.1, 0.15) is 5.69 Å². The lowest BCUT2D eigenvalue weighted by Gasteiger charge is -2.09. The second-order valence-electron chi connectivity index (χ2n) is 4.64. The monoisotopic (exact) mass is 315 g/mol. The van der Waals surface area contributed by atoms with E-state index >= 15 is 0 Å². The maximum atomic E-state index is 14.2. The van der Waals surface area contributed by atoms with E-state index < -0.39 is 0 Å². The van der Waals surface area contributed by atoms with Crippen molar-refractivity contribution < 1.29 is 9.50 Å². The molecule has 0 atom stereocenters. The molecule has 1 N–H and O–H groups in total. The fourth-order valence-corrected chi connectivity index (χ4v) is 2.72. The Morgan fingerprint density at radius 3 is 2.73 bits per heavy atom. The predicted molar refractivity (Wildman–Crippen MR) is 84.5 cm³/mol. The minimum Gasteiger partial charge on any atom is -0.390 e. The zero-order chi connectivity index (χ0) is 15.5. The summed E-state index contributed by atoms with van der Waals surface area (Å²) in [7, 11) is 0. The Kier molecular flexibility index (Phi) is 4.22. The molecule has 0 aliphatic rings. The van der Waals surface area contributed by atoms with Crippen molar-refractivity contribution >= 4 is 11.8 Å². The minimum atomic E-state index is -0.373. The first kappa shape index (κ1) is 14.7. The highest BCUT2D eigenvalue weighted by atomic mass is 32.2. The molecule has 22 heavy (non-hydrogen) atoms. The largest absolute Gasteiger partial charge is 0.390 e. The lowest BCUT2D eigenvalue weighted by atomic mass is 10.1. The van der Waals surface area contributed by atoms with Gasteiger partial charge in [-0.15, -0.1) is 16.9 Å². The molecular formula is C16H14FN3OS. The second kappa shape index (κ2) is 6.29. The number of aromatic nitrogens is 3. The Labute approximate surface area is 131 Å². The lowest BCUT2D eigenvalue weighted by molar-refractivity contribution is 0.277. The van der Waals surface area contributed by atoms with Crippen molar-refractivity contribution in [3.63, 3.8) is 0 Å². The molecule has 6 heteroatoms. The molecule has 0 spiro atoms. The molecule has 3 aromatic rings. The fraction of sp³-hybridized carbons (Fsp3) is 0.125. The van der Waals surface area contributed by atoms with Gasteiger partial charge in [-0.1, -0.05) is 23.4 Å². The summed E-state index contributed by atoms with van der Waals surface area (Å²) in [5.74, 6) is -0.373. The van der Waals surface area contributed by atoms with E-state index in [4.69, 9.17) is 0 Å². The Morgan fingerprint density at radius 2 is 2.00 bits per heavy atom. The van der Waals surface area contributed by atoms with Crippen LogP contribution < -0.4 is 0 Å². The average molecular weight is 315 g/mol. The quantitative estimate of drug-likeness (QED) is 0.751. The van der Waals surface area contributed by atoms with E-state index in [1.54, 1.807) is 34.6 Å². The van der Waals surface area contributed by atoms with E-state index in [1.807, 2.05) is 30.5 Å². The molecule has 0 saturated heterocycles. The molecule has 0 aliphatic carbocycles. The van der Waals surface area contributed by atoms with Crippen LogP contribution in [0.25, 0.3) is 16.9 Å². The topological polar surface area (TPSA) is 50.9 Å². The Hall–Kier alpha value is -2.18. The van der Waals surface area contributed by atoms with Gasteiger partial charge in [0.2, 0.25) is 0 Å². The number of hydrogen-bond donors (Lipinski definition) is 1. The lowest BCUT2D eigenvalue weighted by Crippen LogP contribution is -2.01. The SMILES string of the molecule is CSc1cccc(-n2nnc(CO)c2-c2ccccc2F)c1. The van der Waals surface area contributed by atoms with Crippen LogP contribution in [-0.2, 0) is 6.61 Å². The summed E-state index contributed by atoms with van der Waals surface area (Å²) in [6.45, 7) is -0.300. The Balaban J connectivity index is 2.21. The molecule has 0 bridgehead atoms. The molecular weight excluding hydrogens is 301 g/mol. The van der Waals surface area contributed by atoms with Gasteiger partial charge in [0.05, 0.1) is 12.3 Å². The van der Waals surface area contributed by atoms with Crippen molar-refractivity contribution in [2.75, 3.05) is 6.26 Å². The number of rotatable bonds is 4. The number of aliphatic hydroxyl groups is 1. The fourth-order valence-electron chi connectivity index (χ4n) is 2.27. The smallest absolute Gasteiger partial charge is 0.132 e. The maximum absolute atomic E-state index is 14.2. The molecule has 112 valence electrons. The molecule has 0 fully saturated rings. The maximum Gasteiger partial charge on any atom is 0.132 e. The van der Waals surface area contributed by atoms with Crippen molar-refractivity contribution in [3.8, 4) is 16.9 Å². The summed E-state index contributed by atoms with van der Waals surface area (Å²) in [4.78, 5) is 1.07. The summed E-state index contributed by atoms with van der Waals surface area (Å²) in [5.41, 5.74) is 1.96. The first-order valence-electron chi connectivity index (χ1n) is 6.69. The molecule has 0 aliphatic heterocycles. The summed E-state index contributed by atoms with van der Waals surface area (Å²) in [6.07, 6.45) is 1.98. The van der Waals surface area contributed by atoms with Gasteiger partial charge in [-0.3, -0.25) is 0 Å². The number of aliphatic hydroxyl groups excluding tert-OH is 1. The third kappa shape index (κ3) is 2.63. The summed E-state index contributed by atoms with van der Waals surface area (Å²) < 4.78 is 15.7. The van der Waals surface area contributed by atoms with Gasteiger partial charge >= 0.3 is 0 Å². The van der Waals surface area contributed by atoms with Crippen LogP contribution in [0.5, 0.6) is 0 Å². The van der Waals surface area contributed by atoms with E-state index in [2.05, 4.69) is 10.3 Å². The second-order valence-corrected chi connectivity index (χ2v) is 5.52. The molecule has 0 radical (unpaired) electrons. The molecule has 1 aromatic heterocycles. The van der Waals surface area contributed by atoms with Crippen LogP contribution in [0.2, 0.25) is 0 Å². The van der Waals surface area contributed by atoms with Crippen LogP contribution in [0, 0.1) is 5.82 Å². The average Bonchev–Trinajstić information content (AvgIpc) is 2.99. The van der Waals surface area contributed by atoms with Crippen molar-refractivity contribution in [2.24, 2.45) is 0 Å². The van der Waals surface area contributed by atoms with Gasteiger partial charge in [0.15, 0.2) is 0 Å². The standard InChI is InChI=1S/C16H14FN3OS/c1-22-12-6-4-5-11(9-12)20-16(15(10-21)18-19-20)13-7-2-3-8-14(13)17/h2-9,21H,10H2,1H3. The van der Waals surface area contributed by atoms with Crippen LogP contribution in [0.15, 0.2) is 53.4 Å². The first-order valence-corrected chi connectivity index (χ1v) is 7.92. The van der Waals surface area contributed by atoms with Gasteiger partial charge in [0, 0.05) is 10.5 Å². The zero-order valence-electron chi connectivity index (χ0n) is 11.9. The normalized spacial score (nSPS) is 10.9. The number of halogens is 1. The highest BCUT2D eigenvalue weighted by Gasteiger charge is 2.18. The van der Waals surface area contributed by atoms with Crippen LogP contribution in [0.3, 0.4) is 0 Å². The first-order chi connectivity index (χ1) is 10.7. The Bertz CT molecular complexity index is 804. The van der Waals surface area contributed by atoms with Crippen LogP contribution in [-0.4, -0.2) is 26.4 Å². The van der Waals surface area contributed by atoms with E-state index in [0.29, 0.717) is 17.0 Å². The van der Waals surface area contributed by atoms with Gasteiger partial charge in [0.1, 0.15) is 17.2 Å². The highest BCUT2D eigenvalue weighted by Crippen LogP contribution is 2.28. The molecule has 1 heterocycles. The minimum absolute atomic E-state index is 0.300. The summed E-state index contributed by atoms with van der Waals surface area (Å²) >= 11 is 1.61. The van der Waals surface area contributed by atoms with Gasteiger partial charge in [-0.05, 0) is 36.6 Å². The molecule has 0 amide bonds. The van der Waals surface area contributed by atoms with Crippen LogP contribution >= 0.6 is 11.8 Å². The van der Waals surface area contributed by atoms with Crippen LogP contribution in [0.4, 0.5) is 4.39 Å². The van der Waals surface area contributed by atoms with Crippen molar-refractivity contribution in [1.29, 1.82) is 0 Å². The van der Waals surface area contributed by atoms with Crippen molar-refractivity contribution in [3.05, 3.63) is 60.0 Å². The number of nitrogens with zero attached hydrogens (tertiary/aromatic N) is 3. The summed E-state index contributed by atoms with van der Waals surface area (Å²) in [6, 6.07) is 14.1. The predicted octanol–water partition coefficient (Wildman–Crippen LogP) is 3.29. The van der Waals surface area contributed by atoms with Crippen molar-refractivity contribution in [2.45, 2.75) is 11.5 Å². The molecule has 4 nitrogen and oxygen atoms in total. The number of hydrogen-bond acceptors (Lipinski definition) is 4. The number of thioether (sulfide) groups is 1. The molecule has 2 aromatic carbocycles. The van der Waals surface area contributed by atoms with Gasteiger partial charge in [0.25, 0.3) is 0 Å². The third-order valence-corrected chi connectivity index (χ3v) is 4.04. The van der Waals surface area contributed by atoms with E-state index in [0.717, 1.165) is 10.6 Å². The summed E-state index contributed by atoms with van der Waals surface area (Å²) in [5, 5.41) is 17.5. The van der Waals surface area contributed by atoms with E-state index in [-0.39, 0.29) is 12.4 Å². The van der Waals surface area contributed by atoms with Crippen molar-refractivity contribution in [1.82, 2.24) is 15.0 Å². The van der Waals surface area contributed by atoms with Gasteiger partial charge < -0.3 is 5.11 Å². The highest BCUT2D eigenvalue weighted by molar-refractivity contribution is 7.98. The third-order valence-electron chi connectivity index (χ3n) is 3.32. The van der Waals surface area contributed by atoms with Gasteiger partial charge in [-0.2, -0.15) is 0 Å². The van der Waals surface area contributed by atoms with Gasteiger partial charge in [-0.25, -0.2) is 9.07 Å². The van der Waals surface area contributed by atoms with E-state index in [9.17, 15) is 9.50 Å². The zero-order valence-corrected chi connectivity index (χ0v) is 12.7. The van der Waals surface area contributed by atoms with E-state index in [1.165, 1.54) is 6.07 Å². The molecule has 3 rings (SSSR count). The molecule has 0 saturated carbocycles. The molecule has 0 unspecified atom stereocenters. The number of benzene rings is 2. The Morgan fingerprint density at radius 1 is 1.18 bits per heavy atom.